The molecule has 1 heterocycles. The maximum Gasteiger partial charge on any atom is 0.151 e. The van der Waals surface area contributed by atoms with E-state index in [1.165, 1.54) is 0 Å². The highest BCUT2D eigenvalue weighted by Gasteiger charge is 2.12. The van der Waals surface area contributed by atoms with Gasteiger partial charge in [-0.1, -0.05) is 6.92 Å². The van der Waals surface area contributed by atoms with Gasteiger partial charge in [0.15, 0.2) is 9.84 Å². The monoisotopic (exact) mass is 246 g/mol. The summed E-state index contributed by atoms with van der Waals surface area (Å²) >= 11 is 0. The molecule has 92 valence electrons. The average Bonchev–Trinajstić information content (AvgIpc) is 2.64. The quantitative estimate of drug-likeness (QED) is 0.758. The van der Waals surface area contributed by atoms with Crippen molar-refractivity contribution in [3.63, 3.8) is 0 Å². The number of hydrogen-bond acceptors (Lipinski definition) is 5. The van der Waals surface area contributed by atoms with Crippen LogP contribution in [0.1, 0.15) is 25.7 Å². The molecule has 1 aromatic rings. The predicted octanol–water partition coefficient (Wildman–Crippen LogP) is -0.0996. The van der Waals surface area contributed by atoms with Crippen molar-refractivity contribution in [1.29, 1.82) is 0 Å². The smallest absolute Gasteiger partial charge is 0.151 e. The first-order valence-electron chi connectivity index (χ1n) is 5.24. The summed E-state index contributed by atoms with van der Waals surface area (Å²) in [6.07, 6.45) is 1.62. The van der Waals surface area contributed by atoms with E-state index in [2.05, 4.69) is 15.5 Å². The number of hydrogen-bond donors (Lipinski definition) is 1. The second-order valence-electron chi connectivity index (χ2n) is 3.71. The number of aryl methyl sites for hydroxylation is 1. The Hall–Kier alpha value is -0.950. The van der Waals surface area contributed by atoms with E-state index < -0.39 is 9.84 Å². The van der Waals surface area contributed by atoms with Crippen LogP contribution in [0.5, 0.6) is 0 Å². The van der Waals surface area contributed by atoms with Gasteiger partial charge >= 0.3 is 0 Å². The molecule has 1 N–H and O–H groups in total. The van der Waals surface area contributed by atoms with E-state index in [0.717, 1.165) is 5.82 Å². The molecule has 0 aliphatic carbocycles. The van der Waals surface area contributed by atoms with Crippen molar-refractivity contribution in [1.82, 2.24) is 20.1 Å². The zero-order valence-corrected chi connectivity index (χ0v) is 10.7. The lowest BCUT2D eigenvalue weighted by Gasteiger charge is -2.12. The van der Waals surface area contributed by atoms with Crippen LogP contribution in [0.25, 0.3) is 0 Å². The van der Waals surface area contributed by atoms with Gasteiger partial charge in [-0.25, -0.2) is 8.42 Å². The third-order valence-electron chi connectivity index (χ3n) is 2.44. The fourth-order valence-electron chi connectivity index (χ4n) is 1.35. The molecule has 0 bridgehead atoms. The van der Waals surface area contributed by atoms with Crippen LogP contribution in [0.15, 0.2) is 6.33 Å². The Labute approximate surface area is 96.0 Å². The summed E-state index contributed by atoms with van der Waals surface area (Å²) in [4.78, 5) is 0. The SMILES string of the molecule is CCS(=O)(=O)CCNC(C)c1nncn1C. The van der Waals surface area contributed by atoms with Crippen LogP contribution in [-0.2, 0) is 16.9 Å². The van der Waals surface area contributed by atoms with Gasteiger partial charge in [-0.15, -0.1) is 10.2 Å². The highest BCUT2D eigenvalue weighted by Crippen LogP contribution is 2.06. The predicted molar refractivity (Wildman–Crippen MR) is 61.7 cm³/mol. The van der Waals surface area contributed by atoms with Gasteiger partial charge in [-0.2, -0.15) is 0 Å². The van der Waals surface area contributed by atoms with E-state index in [9.17, 15) is 8.42 Å². The van der Waals surface area contributed by atoms with Crippen LogP contribution < -0.4 is 5.32 Å². The third-order valence-corrected chi connectivity index (χ3v) is 4.14. The molecular formula is C9H18N4O2S. The molecule has 16 heavy (non-hydrogen) atoms. The summed E-state index contributed by atoms with van der Waals surface area (Å²) in [7, 11) is -1.04. The Morgan fingerprint density at radius 1 is 1.56 bits per heavy atom. The lowest BCUT2D eigenvalue weighted by molar-refractivity contribution is 0.539. The van der Waals surface area contributed by atoms with Gasteiger partial charge in [-0.3, -0.25) is 0 Å². The van der Waals surface area contributed by atoms with E-state index in [1.54, 1.807) is 13.3 Å². The van der Waals surface area contributed by atoms with E-state index in [1.807, 2.05) is 18.5 Å². The van der Waals surface area contributed by atoms with E-state index in [-0.39, 0.29) is 17.5 Å². The minimum atomic E-state index is -2.90. The number of rotatable bonds is 6. The first-order chi connectivity index (χ1) is 7.46. The topological polar surface area (TPSA) is 76.9 Å². The summed E-state index contributed by atoms with van der Waals surface area (Å²) < 4.78 is 24.3. The van der Waals surface area contributed by atoms with Crippen molar-refractivity contribution in [2.75, 3.05) is 18.1 Å². The largest absolute Gasteiger partial charge is 0.319 e. The number of aromatic nitrogens is 3. The zero-order chi connectivity index (χ0) is 12.2. The molecule has 0 saturated heterocycles. The Balaban J connectivity index is 2.43. The summed E-state index contributed by atoms with van der Waals surface area (Å²) in [5.41, 5.74) is 0. The van der Waals surface area contributed by atoms with Crippen molar-refractivity contribution < 1.29 is 8.42 Å². The average molecular weight is 246 g/mol. The molecule has 0 spiro atoms. The molecule has 0 aliphatic rings. The summed E-state index contributed by atoms with van der Waals surface area (Å²) in [6.45, 7) is 4.02. The van der Waals surface area contributed by atoms with Crippen LogP contribution in [0.2, 0.25) is 0 Å². The van der Waals surface area contributed by atoms with Gasteiger partial charge in [0, 0.05) is 19.3 Å². The number of sulfone groups is 1. The van der Waals surface area contributed by atoms with Gasteiger partial charge in [-0.05, 0) is 6.92 Å². The third kappa shape index (κ3) is 3.57. The van der Waals surface area contributed by atoms with Crippen molar-refractivity contribution in [2.24, 2.45) is 7.05 Å². The van der Waals surface area contributed by atoms with Crippen molar-refractivity contribution in [3.8, 4) is 0 Å². The normalized spacial score (nSPS) is 13.9. The van der Waals surface area contributed by atoms with E-state index in [4.69, 9.17) is 0 Å². The molecule has 1 atom stereocenters. The lowest BCUT2D eigenvalue weighted by atomic mass is 10.3. The van der Waals surface area contributed by atoms with Gasteiger partial charge in [0.25, 0.3) is 0 Å². The van der Waals surface area contributed by atoms with Crippen LogP contribution in [0, 0.1) is 0 Å². The first kappa shape index (κ1) is 13.1. The molecule has 1 rings (SSSR count). The molecular weight excluding hydrogens is 228 g/mol. The van der Waals surface area contributed by atoms with Gasteiger partial charge < -0.3 is 9.88 Å². The van der Waals surface area contributed by atoms with Gasteiger partial charge in [0.1, 0.15) is 12.2 Å². The maximum absolute atomic E-state index is 11.3. The zero-order valence-electron chi connectivity index (χ0n) is 9.84. The standard InChI is InChI=1S/C9H18N4O2S/c1-4-16(14,15)6-5-10-8(2)9-12-11-7-13(9)3/h7-8,10H,4-6H2,1-3H3. The Morgan fingerprint density at radius 2 is 2.25 bits per heavy atom. The molecule has 1 aromatic heterocycles. The Bertz CT molecular complexity index is 426. The van der Waals surface area contributed by atoms with Crippen LogP contribution in [0.3, 0.4) is 0 Å². The molecule has 7 heteroatoms. The lowest BCUT2D eigenvalue weighted by Crippen LogP contribution is -2.27. The minimum Gasteiger partial charge on any atom is -0.319 e. The summed E-state index contributed by atoms with van der Waals surface area (Å²) in [6, 6.07) is -0.000411. The summed E-state index contributed by atoms with van der Waals surface area (Å²) in [5, 5.41) is 10.8. The minimum absolute atomic E-state index is 0.000411. The van der Waals surface area contributed by atoms with Gasteiger partial charge in [0.2, 0.25) is 0 Å². The molecule has 0 fully saturated rings. The Morgan fingerprint density at radius 3 is 2.75 bits per heavy atom. The highest BCUT2D eigenvalue weighted by atomic mass is 32.2. The second kappa shape index (κ2) is 5.40. The van der Waals surface area contributed by atoms with Crippen LogP contribution >= 0.6 is 0 Å². The van der Waals surface area contributed by atoms with Crippen molar-refractivity contribution >= 4 is 9.84 Å². The van der Waals surface area contributed by atoms with E-state index >= 15 is 0 Å². The molecule has 0 aromatic carbocycles. The van der Waals surface area contributed by atoms with Crippen LogP contribution in [0.4, 0.5) is 0 Å². The molecule has 6 nitrogen and oxygen atoms in total. The summed E-state index contributed by atoms with van der Waals surface area (Å²) in [5.74, 6) is 1.15. The fourth-order valence-corrected chi connectivity index (χ4v) is 2.07. The second-order valence-corrected chi connectivity index (χ2v) is 6.18. The molecule has 1 unspecified atom stereocenters. The van der Waals surface area contributed by atoms with Crippen molar-refractivity contribution in [2.45, 2.75) is 19.9 Å². The molecule has 0 aliphatic heterocycles. The highest BCUT2D eigenvalue weighted by molar-refractivity contribution is 7.91. The maximum atomic E-state index is 11.3. The molecule has 0 radical (unpaired) electrons. The Kier molecular flexibility index (Phi) is 4.43. The fraction of sp³-hybridized carbons (Fsp3) is 0.778. The van der Waals surface area contributed by atoms with Crippen molar-refractivity contribution in [3.05, 3.63) is 12.2 Å². The van der Waals surface area contributed by atoms with Crippen LogP contribution in [-0.4, -0.2) is 41.2 Å². The number of nitrogens with zero attached hydrogens (tertiary/aromatic N) is 3. The number of nitrogens with one attached hydrogen (secondary N) is 1. The first-order valence-corrected chi connectivity index (χ1v) is 7.06. The molecule has 0 saturated carbocycles. The van der Waals surface area contributed by atoms with Gasteiger partial charge in [0.05, 0.1) is 11.8 Å². The molecule has 0 amide bonds. The van der Waals surface area contributed by atoms with E-state index in [0.29, 0.717) is 6.54 Å².